The Kier molecular flexibility index (Phi) is 5.44. The monoisotopic (exact) mass is 405 g/mol. The average molecular weight is 406 g/mol. The summed E-state index contributed by atoms with van der Waals surface area (Å²) < 4.78 is 2.02. The molecule has 29 heavy (non-hydrogen) atoms. The summed E-state index contributed by atoms with van der Waals surface area (Å²) in [7, 11) is 0. The van der Waals surface area contributed by atoms with Crippen molar-refractivity contribution in [2.75, 3.05) is 11.9 Å². The molecule has 4 rings (SSSR count). The Hall–Kier alpha value is -3.38. The number of pyridine rings is 1. The van der Waals surface area contributed by atoms with E-state index in [9.17, 15) is 4.79 Å². The summed E-state index contributed by atoms with van der Waals surface area (Å²) in [5.74, 6) is 0.832. The number of halogens is 1. The first-order valence-corrected chi connectivity index (χ1v) is 9.68. The molecule has 7 heteroatoms. The standard InChI is InChI=1S/C22H20ClN5O/c1-15-9-10-18(17(23)14-15)27-22(29)25-13-11-20-26-19-8-5-12-24-21(19)28(20)16-6-3-2-4-7-16/h2-10,12,14H,11,13H2,1H3,(H2,25,27,29). The van der Waals surface area contributed by atoms with Gasteiger partial charge in [-0.2, -0.15) is 0 Å². The van der Waals surface area contributed by atoms with Crippen LogP contribution in [0.4, 0.5) is 10.5 Å². The minimum atomic E-state index is -0.309. The van der Waals surface area contributed by atoms with E-state index in [2.05, 4.69) is 15.6 Å². The Morgan fingerprint density at radius 1 is 1.10 bits per heavy atom. The molecule has 2 amide bonds. The summed E-state index contributed by atoms with van der Waals surface area (Å²) in [6.45, 7) is 2.37. The van der Waals surface area contributed by atoms with E-state index in [0.717, 1.165) is 28.2 Å². The Morgan fingerprint density at radius 2 is 1.93 bits per heavy atom. The van der Waals surface area contributed by atoms with Crippen LogP contribution in [0.1, 0.15) is 11.4 Å². The molecule has 0 aliphatic heterocycles. The first-order chi connectivity index (χ1) is 14.1. The second-order valence-electron chi connectivity index (χ2n) is 6.66. The Bertz CT molecular complexity index is 1160. The SMILES string of the molecule is Cc1ccc(NC(=O)NCCc2nc3cccnc3n2-c2ccccc2)c(Cl)c1. The van der Waals surface area contributed by atoms with Crippen molar-refractivity contribution in [3.63, 3.8) is 0 Å². The number of nitrogens with zero attached hydrogens (tertiary/aromatic N) is 3. The van der Waals surface area contributed by atoms with Gasteiger partial charge in [-0.15, -0.1) is 0 Å². The molecule has 0 aliphatic rings. The molecular weight excluding hydrogens is 386 g/mol. The van der Waals surface area contributed by atoms with Gasteiger partial charge in [-0.1, -0.05) is 35.9 Å². The van der Waals surface area contributed by atoms with Crippen LogP contribution in [0.15, 0.2) is 66.9 Å². The smallest absolute Gasteiger partial charge is 0.319 e. The summed E-state index contributed by atoms with van der Waals surface area (Å²) in [4.78, 5) is 21.4. The summed E-state index contributed by atoms with van der Waals surface area (Å²) >= 11 is 6.17. The number of carbonyl (C=O) groups excluding carboxylic acids is 1. The molecule has 2 N–H and O–H groups in total. The zero-order valence-electron chi connectivity index (χ0n) is 15.9. The molecular formula is C22H20ClN5O. The minimum Gasteiger partial charge on any atom is -0.337 e. The lowest BCUT2D eigenvalue weighted by Crippen LogP contribution is -2.31. The van der Waals surface area contributed by atoms with Crippen molar-refractivity contribution in [1.82, 2.24) is 19.9 Å². The summed E-state index contributed by atoms with van der Waals surface area (Å²) in [6, 6.07) is 18.9. The number of aromatic nitrogens is 3. The van der Waals surface area contributed by atoms with Gasteiger partial charge in [0.05, 0.1) is 10.7 Å². The number of amides is 2. The molecule has 2 heterocycles. The highest BCUT2D eigenvalue weighted by atomic mass is 35.5. The average Bonchev–Trinajstić information content (AvgIpc) is 3.09. The molecule has 0 fully saturated rings. The number of nitrogens with one attached hydrogen (secondary N) is 2. The van der Waals surface area contributed by atoms with E-state index in [1.54, 1.807) is 12.3 Å². The predicted octanol–water partition coefficient (Wildman–Crippen LogP) is 4.75. The molecule has 146 valence electrons. The number of para-hydroxylation sites is 1. The molecule has 0 spiro atoms. The zero-order valence-corrected chi connectivity index (χ0v) is 16.6. The third-order valence-electron chi connectivity index (χ3n) is 4.51. The van der Waals surface area contributed by atoms with Crippen LogP contribution in [-0.2, 0) is 6.42 Å². The van der Waals surface area contributed by atoms with E-state index >= 15 is 0 Å². The summed E-state index contributed by atoms with van der Waals surface area (Å²) in [5, 5.41) is 6.15. The van der Waals surface area contributed by atoms with Gasteiger partial charge >= 0.3 is 6.03 Å². The molecule has 0 radical (unpaired) electrons. The number of carbonyl (C=O) groups is 1. The van der Waals surface area contributed by atoms with Gasteiger partial charge in [0.25, 0.3) is 0 Å². The van der Waals surface area contributed by atoms with E-state index in [-0.39, 0.29) is 6.03 Å². The number of hydrogen-bond acceptors (Lipinski definition) is 3. The van der Waals surface area contributed by atoms with Crippen LogP contribution in [0, 0.1) is 6.92 Å². The van der Waals surface area contributed by atoms with Gasteiger partial charge in [-0.3, -0.25) is 4.57 Å². The van der Waals surface area contributed by atoms with Crippen molar-refractivity contribution < 1.29 is 4.79 Å². The van der Waals surface area contributed by atoms with Crippen molar-refractivity contribution in [2.24, 2.45) is 0 Å². The fraction of sp³-hybridized carbons (Fsp3) is 0.136. The highest BCUT2D eigenvalue weighted by molar-refractivity contribution is 6.33. The van der Waals surface area contributed by atoms with Crippen LogP contribution in [0.5, 0.6) is 0 Å². The highest BCUT2D eigenvalue weighted by Crippen LogP contribution is 2.23. The molecule has 0 saturated heterocycles. The van der Waals surface area contributed by atoms with Crippen LogP contribution in [0.2, 0.25) is 5.02 Å². The van der Waals surface area contributed by atoms with Crippen molar-refractivity contribution in [3.05, 3.63) is 83.3 Å². The molecule has 4 aromatic rings. The van der Waals surface area contributed by atoms with Gasteiger partial charge in [0, 0.05) is 24.8 Å². The van der Waals surface area contributed by atoms with Gasteiger partial charge in [-0.25, -0.2) is 14.8 Å². The first-order valence-electron chi connectivity index (χ1n) is 9.30. The molecule has 0 atom stereocenters. The highest BCUT2D eigenvalue weighted by Gasteiger charge is 2.13. The maximum atomic E-state index is 12.2. The number of benzene rings is 2. The largest absolute Gasteiger partial charge is 0.337 e. The molecule has 2 aromatic carbocycles. The lowest BCUT2D eigenvalue weighted by Gasteiger charge is -2.11. The van der Waals surface area contributed by atoms with Crippen LogP contribution in [0.25, 0.3) is 16.9 Å². The predicted molar refractivity (Wildman–Crippen MR) is 116 cm³/mol. The van der Waals surface area contributed by atoms with Gasteiger partial charge in [0.1, 0.15) is 11.3 Å². The second kappa shape index (κ2) is 8.32. The van der Waals surface area contributed by atoms with Crippen LogP contribution < -0.4 is 10.6 Å². The maximum absolute atomic E-state index is 12.2. The summed E-state index contributed by atoms with van der Waals surface area (Å²) in [5.41, 5.74) is 4.22. The topological polar surface area (TPSA) is 71.8 Å². The Morgan fingerprint density at radius 3 is 2.72 bits per heavy atom. The lowest BCUT2D eigenvalue weighted by atomic mass is 10.2. The third kappa shape index (κ3) is 4.22. The van der Waals surface area contributed by atoms with Crippen LogP contribution in [-0.4, -0.2) is 27.1 Å². The van der Waals surface area contributed by atoms with Crippen LogP contribution in [0.3, 0.4) is 0 Å². The zero-order chi connectivity index (χ0) is 20.2. The van der Waals surface area contributed by atoms with Gasteiger partial charge < -0.3 is 10.6 Å². The van der Waals surface area contributed by atoms with Crippen molar-refractivity contribution in [1.29, 1.82) is 0 Å². The van der Waals surface area contributed by atoms with E-state index in [0.29, 0.717) is 23.7 Å². The number of fused-ring (bicyclic) bond motifs is 1. The minimum absolute atomic E-state index is 0.309. The molecule has 0 unspecified atom stereocenters. The fourth-order valence-corrected chi connectivity index (χ4v) is 3.43. The number of rotatable bonds is 5. The van der Waals surface area contributed by atoms with Crippen molar-refractivity contribution in [3.8, 4) is 5.69 Å². The van der Waals surface area contributed by atoms with Gasteiger partial charge in [0.15, 0.2) is 5.65 Å². The number of hydrogen-bond donors (Lipinski definition) is 2. The number of urea groups is 1. The molecule has 0 aliphatic carbocycles. The quantitative estimate of drug-likeness (QED) is 0.503. The van der Waals surface area contributed by atoms with Crippen molar-refractivity contribution >= 4 is 34.5 Å². The maximum Gasteiger partial charge on any atom is 0.319 e. The summed E-state index contributed by atoms with van der Waals surface area (Å²) in [6.07, 6.45) is 2.31. The van der Waals surface area contributed by atoms with Gasteiger partial charge in [-0.05, 0) is 48.9 Å². The number of aryl methyl sites for hydroxylation is 1. The number of imidazole rings is 1. The Labute approximate surface area is 173 Å². The second-order valence-corrected chi connectivity index (χ2v) is 7.07. The van der Waals surface area contributed by atoms with E-state index in [4.69, 9.17) is 16.6 Å². The Balaban J connectivity index is 1.48. The molecule has 0 bridgehead atoms. The normalized spacial score (nSPS) is 10.8. The van der Waals surface area contributed by atoms with E-state index in [1.165, 1.54) is 0 Å². The van der Waals surface area contributed by atoms with Crippen molar-refractivity contribution in [2.45, 2.75) is 13.3 Å². The molecule has 6 nitrogen and oxygen atoms in total. The van der Waals surface area contributed by atoms with Gasteiger partial charge in [0.2, 0.25) is 0 Å². The fourth-order valence-electron chi connectivity index (χ4n) is 3.15. The third-order valence-corrected chi connectivity index (χ3v) is 4.82. The number of anilines is 1. The van der Waals surface area contributed by atoms with E-state index in [1.807, 2.05) is 66.1 Å². The van der Waals surface area contributed by atoms with Crippen LogP contribution >= 0.6 is 11.6 Å². The molecule has 2 aromatic heterocycles. The lowest BCUT2D eigenvalue weighted by molar-refractivity contribution is 0.252. The van der Waals surface area contributed by atoms with E-state index < -0.39 is 0 Å². The first kappa shape index (κ1) is 19.0. The molecule has 0 saturated carbocycles.